The fourth-order valence-corrected chi connectivity index (χ4v) is 2.09. The number of benzene rings is 2. The van der Waals surface area contributed by atoms with E-state index in [2.05, 4.69) is 10.6 Å². The number of carbonyl (C=O) groups excluding carboxylic acids is 2. The Kier molecular flexibility index (Phi) is 5.14. The molecule has 0 atom stereocenters. The third kappa shape index (κ3) is 3.84. The van der Waals surface area contributed by atoms with Gasteiger partial charge in [0.05, 0.1) is 17.3 Å². The van der Waals surface area contributed by atoms with Crippen LogP contribution in [0.15, 0.2) is 42.5 Å². The quantitative estimate of drug-likeness (QED) is 0.810. The number of halogens is 1. The van der Waals surface area contributed by atoms with Crippen molar-refractivity contribution in [2.24, 2.45) is 5.73 Å². The largest absolute Gasteiger partial charge is 0.325 e. The zero-order chi connectivity index (χ0) is 16.1. The molecule has 0 saturated carbocycles. The minimum atomic E-state index is -0.321. The van der Waals surface area contributed by atoms with Crippen molar-refractivity contribution in [3.8, 4) is 0 Å². The Morgan fingerprint density at radius 3 is 2.55 bits per heavy atom. The molecule has 2 rings (SSSR count). The molecule has 0 spiro atoms. The van der Waals surface area contributed by atoms with Gasteiger partial charge in [0.25, 0.3) is 5.91 Å². The average Bonchev–Trinajstić information content (AvgIpc) is 2.50. The Labute approximate surface area is 133 Å². The van der Waals surface area contributed by atoms with Gasteiger partial charge < -0.3 is 16.4 Å². The molecule has 114 valence electrons. The van der Waals surface area contributed by atoms with Crippen molar-refractivity contribution >= 4 is 34.8 Å². The minimum absolute atomic E-state index is 0.118. The van der Waals surface area contributed by atoms with E-state index in [0.29, 0.717) is 22.0 Å². The second-order valence-corrected chi connectivity index (χ2v) is 5.12. The molecule has 22 heavy (non-hydrogen) atoms. The summed E-state index contributed by atoms with van der Waals surface area (Å²) in [7, 11) is 0. The molecule has 0 heterocycles. The molecular weight excluding hydrogens is 302 g/mol. The van der Waals surface area contributed by atoms with Crippen LogP contribution in [-0.4, -0.2) is 18.4 Å². The van der Waals surface area contributed by atoms with Crippen LogP contribution in [0.25, 0.3) is 0 Å². The van der Waals surface area contributed by atoms with Crippen LogP contribution < -0.4 is 16.4 Å². The van der Waals surface area contributed by atoms with E-state index in [1.807, 2.05) is 19.1 Å². The topological polar surface area (TPSA) is 84.2 Å². The van der Waals surface area contributed by atoms with Gasteiger partial charge in [-0.1, -0.05) is 29.8 Å². The van der Waals surface area contributed by atoms with Gasteiger partial charge >= 0.3 is 0 Å². The summed E-state index contributed by atoms with van der Waals surface area (Å²) in [5.41, 5.74) is 7.62. The van der Waals surface area contributed by atoms with Crippen LogP contribution in [0.5, 0.6) is 0 Å². The summed E-state index contributed by atoms with van der Waals surface area (Å²) < 4.78 is 0. The molecule has 2 aromatic carbocycles. The van der Waals surface area contributed by atoms with Gasteiger partial charge in [-0.3, -0.25) is 9.59 Å². The molecule has 2 aromatic rings. The van der Waals surface area contributed by atoms with Gasteiger partial charge in [0.1, 0.15) is 0 Å². The predicted molar refractivity (Wildman–Crippen MR) is 88.3 cm³/mol. The normalized spacial score (nSPS) is 10.1. The first-order valence-corrected chi connectivity index (χ1v) is 7.05. The van der Waals surface area contributed by atoms with Crippen LogP contribution in [0.1, 0.15) is 15.9 Å². The molecular formula is C16H16ClN3O2. The van der Waals surface area contributed by atoms with E-state index in [1.165, 1.54) is 0 Å². The number of hydrogen-bond acceptors (Lipinski definition) is 3. The van der Waals surface area contributed by atoms with Crippen LogP contribution in [-0.2, 0) is 4.79 Å². The van der Waals surface area contributed by atoms with Gasteiger partial charge in [-0.15, -0.1) is 0 Å². The molecule has 2 amide bonds. The molecule has 0 saturated heterocycles. The number of aryl methyl sites for hydroxylation is 1. The molecule has 0 radical (unpaired) electrons. The second kappa shape index (κ2) is 7.06. The van der Waals surface area contributed by atoms with E-state index in [4.69, 9.17) is 17.3 Å². The van der Waals surface area contributed by atoms with Gasteiger partial charge in [-0.05, 0) is 36.8 Å². The average molecular weight is 318 g/mol. The SMILES string of the molecule is Cc1ccccc1C(=O)Nc1cc(NC(=O)CN)ccc1Cl. The van der Waals surface area contributed by atoms with Crippen molar-refractivity contribution in [1.29, 1.82) is 0 Å². The van der Waals surface area contributed by atoms with E-state index in [1.54, 1.807) is 30.3 Å². The summed E-state index contributed by atoms with van der Waals surface area (Å²) in [5, 5.41) is 5.74. The van der Waals surface area contributed by atoms with Gasteiger partial charge in [-0.2, -0.15) is 0 Å². The molecule has 0 bridgehead atoms. The van der Waals surface area contributed by atoms with Gasteiger partial charge in [0, 0.05) is 11.3 Å². The summed E-state index contributed by atoms with van der Waals surface area (Å²) >= 11 is 6.09. The highest BCUT2D eigenvalue weighted by molar-refractivity contribution is 6.34. The maximum atomic E-state index is 12.3. The van der Waals surface area contributed by atoms with Crippen LogP contribution in [0.4, 0.5) is 11.4 Å². The Morgan fingerprint density at radius 1 is 1.14 bits per heavy atom. The third-order valence-corrected chi connectivity index (χ3v) is 3.40. The van der Waals surface area contributed by atoms with Crippen LogP contribution in [0, 0.1) is 6.92 Å². The summed E-state index contributed by atoms with van der Waals surface area (Å²) in [6.07, 6.45) is 0. The van der Waals surface area contributed by atoms with E-state index < -0.39 is 0 Å². The molecule has 0 aromatic heterocycles. The highest BCUT2D eigenvalue weighted by atomic mass is 35.5. The lowest BCUT2D eigenvalue weighted by molar-refractivity contribution is -0.114. The first kappa shape index (κ1) is 16.0. The summed E-state index contributed by atoms with van der Waals surface area (Å²) in [5.74, 6) is -0.583. The zero-order valence-electron chi connectivity index (χ0n) is 12.0. The maximum Gasteiger partial charge on any atom is 0.255 e. The van der Waals surface area contributed by atoms with Crippen molar-refractivity contribution < 1.29 is 9.59 Å². The Hall–Kier alpha value is -2.37. The molecule has 0 aliphatic rings. The van der Waals surface area contributed by atoms with E-state index in [-0.39, 0.29) is 18.4 Å². The lowest BCUT2D eigenvalue weighted by Gasteiger charge is -2.11. The first-order chi connectivity index (χ1) is 10.5. The van der Waals surface area contributed by atoms with Crippen molar-refractivity contribution in [2.45, 2.75) is 6.92 Å². The van der Waals surface area contributed by atoms with Crippen LogP contribution in [0.3, 0.4) is 0 Å². The predicted octanol–water partition coefficient (Wildman–Crippen LogP) is 2.80. The van der Waals surface area contributed by atoms with E-state index >= 15 is 0 Å². The molecule has 0 aliphatic carbocycles. The second-order valence-electron chi connectivity index (χ2n) is 4.72. The first-order valence-electron chi connectivity index (χ1n) is 6.67. The fraction of sp³-hybridized carbons (Fsp3) is 0.125. The van der Waals surface area contributed by atoms with Crippen molar-refractivity contribution in [3.05, 3.63) is 58.6 Å². The monoisotopic (exact) mass is 317 g/mol. The number of nitrogens with one attached hydrogen (secondary N) is 2. The molecule has 5 nitrogen and oxygen atoms in total. The number of amides is 2. The standard InChI is InChI=1S/C16H16ClN3O2/c1-10-4-2-3-5-12(10)16(22)20-14-8-11(6-7-13(14)17)19-15(21)9-18/h2-8H,9,18H2,1H3,(H,19,21)(H,20,22). The van der Waals surface area contributed by atoms with E-state index in [9.17, 15) is 9.59 Å². The highest BCUT2D eigenvalue weighted by Gasteiger charge is 2.11. The minimum Gasteiger partial charge on any atom is -0.325 e. The van der Waals surface area contributed by atoms with E-state index in [0.717, 1.165) is 5.56 Å². The number of hydrogen-bond donors (Lipinski definition) is 3. The zero-order valence-corrected chi connectivity index (χ0v) is 12.8. The Morgan fingerprint density at radius 2 is 1.86 bits per heavy atom. The number of rotatable bonds is 4. The fourth-order valence-electron chi connectivity index (χ4n) is 1.93. The van der Waals surface area contributed by atoms with Gasteiger partial charge in [0.15, 0.2) is 0 Å². The van der Waals surface area contributed by atoms with Crippen molar-refractivity contribution in [2.75, 3.05) is 17.2 Å². The van der Waals surface area contributed by atoms with Gasteiger partial charge in [0.2, 0.25) is 5.91 Å². The van der Waals surface area contributed by atoms with Crippen LogP contribution in [0.2, 0.25) is 5.02 Å². The maximum absolute atomic E-state index is 12.3. The summed E-state index contributed by atoms with van der Waals surface area (Å²) in [6.45, 7) is 1.74. The number of carbonyl (C=O) groups is 2. The molecule has 0 fully saturated rings. The molecule has 4 N–H and O–H groups in total. The lowest BCUT2D eigenvalue weighted by atomic mass is 10.1. The molecule has 0 unspecified atom stereocenters. The smallest absolute Gasteiger partial charge is 0.255 e. The highest BCUT2D eigenvalue weighted by Crippen LogP contribution is 2.26. The van der Waals surface area contributed by atoms with Crippen molar-refractivity contribution in [3.63, 3.8) is 0 Å². The molecule has 6 heteroatoms. The lowest BCUT2D eigenvalue weighted by Crippen LogP contribution is -2.22. The van der Waals surface area contributed by atoms with Crippen LogP contribution >= 0.6 is 11.6 Å². The number of anilines is 2. The Balaban J connectivity index is 2.22. The molecule has 0 aliphatic heterocycles. The van der Waals surface area contributed by atoms with Crippen molar-refractivity contribution in [1.82, 2.24) is 0 Å². The Bertz CT molecular complexity index is 716. The van der Waals surface area contributed by atoms with Gasteiger partial charge in [-0.25, -0.2) is 0 Å². The summed E-state index contributed by atoms with van der Waals surface area (Å²) in [6, 6.07) is 12.1. The third-order valence-electron chi connectivity index (χ3n) is 3.07. The summed E-state index contributed by atoms with van der Waals surface area (Å²) in [4.78, 5) is 23.6. The number of nitrogens with two attached hydrogens (primary N) is 1.